The molecule has 2 unspecified atom stereocenters. The number of β-amino-alcohol motifs (C(OH)–C–C–N with tert-alkyl or cyclic N) is 1. The van der Waals surface area contributed by atoms with Crippen LogP contribution in [0.5, 0.6) is 5.88 Å². The molecule has 4 aromatic rings. The molecule has 1 saturated heterocycles. The van der Waals surface area contributed by atoms with E-state index in [1.54, 1.807) is 0 Å². The molecule has 0 saturated carbocycles. The predicted octanol–water partition coefficient (Wildman–Crippen LogP) is 4.03. The van der Waals surface area contributed by atoms with Crippen LogP contribution < -0.4 is 9.64 Å². The Morgan fingerprint density at radius 1 is 0.919 bits per heavy atom. The summed E-state index contributed by atoms with van der Waals surface area (Å²) < 4.78 is 5.79. The first-order valence-corrected chi connectivity index (χ1v) is 13.0. The topological polar surface area (TPSA) is 65.9 Å². The summed E-state index contributed by atoms with van der Waals surface area (Å²) in [6, 6.07) is 26.4. The molecule has 6 heteroatoms. The Morgan fingerprint density at radius 3 is 2.57 bits per heavy atom. The van der Waals surface area contributed by atoms with E-state index in [4.69, 9.17) is 4.74 Å². The molecule has 0 spiro atoms. The lowest BCUT2D eigenvalue weighted by Crippen LogP contribution is -2.49. The van der Waals surface area contributed by atoms with Gasteiger partial charge in [0.05, 0.1) is 11.4 Å². The van der Waals surface area contributed by atoms with Crippen LogP contribution in [-0.2, 0) is 11.2 Å². The largest absolute Gasteiger partial charge is 0.475 e. The maximum absolute atomic E-state index is 12.3. The predicted molar refractivity (Wildman–Crippen MR) is 145 cm³/mol. The van der Waals surface area contributed by atoms with Crippen molar-refractivity contribution in [2.24, 2.45) is 0 Å². The van der Waals surface area contributed by atoms with E-state index in [1.807, 2.05) is 48.5 Å². The van der Waals surface area contributed by atoms with Crippen LogP contribution in [0.15, 0.2) is 78.9 Å². The molecule has 1 aromatic heterocycles. The van der Waals surface area contributed by atoms with Crippen LogP contribution in [0, 0.1) is 0 Å². The number of aldehydes is 1. The summed E-state index contributed by atoms with van der Waals surface area (Å²) in [4.78, 5) is 21.4. The molecule has 2 aliphatic rings. The third-order valence-corrected chi connectivity index (χ3v) is 7.57. The number of rotatable bonds is 7. The van der Waals surface area contributed by atoms with Gasteiger partial charge in [-0.3, -0.25) is 4.90 Å². The number of benzene rings is 3. The molecule has 3 aromatic carbocycles. The normalized spacial score (nSPS) is 18.2. The maximum atomic E-state index is 12.3. The molecule has 0 radical (unpaired) electrons. The molecule has 0 amide bonds. The number of carbonyl (C=O) groups is 1. The standard InChI is InChI=1S/C31H31N3O3/c35-20-27-26-9-3-1-7-23(26)18-24-8-5-11-29(31(24)27)34-16-14-33(15-17-34)19-25(36)21-37-30-13-12-22-6-2-4-10-28(22)32-30/h1-13,20,25,27,36H,14-19,21H2. The fourth-order valence-corrected chi connectivity index (χ4v) is 5.72. The van der Waals surface area contributed by atoms with Crippen LogP contribution in [0.25, 0.3) is 10.9 Å². The molecule has 188 valence electrons. The fraction of sp³-hybridized carbons (Fsp3) is 0.290. The molecular formula is C31H31N3O3. The van der Waals surface area contributed by atoms with Gasteiger partial charge in [-0.2, -0.15) is 0 Å². The minimum Gasteiger partial charge on any atom is -0.475 e. The van der Waals surface area contributed by atoms with E-state index in [0.29, 0.717) is 12.4 Å². The third kappa shape index (κ3) is 4.82. The van der Waals surface area contributed by atoms with E-state index >= 15 is 0 Å². The second kappa shape index (κ2) is 10.3. The maximum Gasteiger partial charge on any atom is 0.213 e. The number of aromatic nitrogens is 1. The van der Waals surface area contributed by atoms with Crippen molar-refractivity contribution in [2.45, 2.75) is 18.4 Å². The number of ether oxygens (including phenoxy) is 1. The molecular weight excluding hydrogens is 462 g/mol. The Balaban J connectivity index is 1.07. The smallest absolute Gasteiger partial charge is 0.213 e. The number of hydrogen-bond acceptors (Lipinski definition) is 6. The lowest BCUT2D eigenvalue weighted by atomic mass is 9.78. The second-order valence-corrected chi connectivity index (χ2v) is 9.93. The van der Waals surface area contributed by atoms with Gasteiger partial charge in [0.25, 0.3) is 0 Å². The average Bonchev–Trinajstić information content (AvgIpc) is 2.95. The number of pyridine rings is 1. The van der Waals surface area contributed by atoms with Crippen molar-refractivity contribution >= 4 is 22.9 Å². The zero-order chi connectivity index (χ0) is 25.2. The Morgan fingerprint density at radius 2 is 1.70 bits per heavy atom. The number of piperazine rings is 1. The quantitative estimate of drug-likeness (QED) is 0.392. The lowest BCUT2D eigenvalue weighted by Gasteiger charge is -2.39. The number of anilines is 1. The summed E-state index contributed by atoms with van der Waals surface area (Å²) in [5.74, 6) is 0.305. The lowest BCUT2D eigenvalue weighted by molar-refractivity contribution is -0.108. The van der Waals surface area contributed by atoms with Gasteiger partial charge in [-0.05, 0) is 46.9 Å². The number of para-hydroxylation sites is 1. The van der Waals surface area contributed by atoms with E-state index in [0.717, 1.165) is 66.6 Å². The van der Waals surface area contributed by atoms with E-state index in [1.165, 1.54) is 11.1 Å². The molecule has 2 atom stereocenters. The van der Waals surface area contributed by atoms with Crippen molar-refractivity contribution in [3.63, 3.8) is 0 Å². The molecule has 2 heterocycles. The summed E-state index contributed by atoms with van der Waals surface area (Å²) in [5, 5.41) is 11.7. The number of hydrogen-bond donors (Lipinski definition) is 1. The number of aliphatic hydroxyl groups is 1. The van der Waals surface area contributed by atoms with Gasteiger partial charge in [-0.1, -0.05) is 54.6 Å². The van der Waals surface area contributed by atoms with Gasteiger partial charge in [0.1, 0.15) is 19.0 Å². The summed E-state index contributed by atoms with van der Waals surface area (Å²) in [7, 11) is 0. The highest BCUT2D eigenvalue weighted by atomic mass is 16.5. The first-order chi connectivity index (χ1) is 18.2. The molecule has 1 fully saturated rings. The van der Waals surface area contributed by atoms with Gasteiger partial charge in [-0.15, -0.1) is 0 Å². The Hall–Kier alpha value is -3.74. The van der Waals surface area contributed by atoms with Gasteiger partial charge >= 0.3 is 0 Å². The van der Waals surface area contributed by atoms with Gasteiger partial charge in [0, 0.05) is 49.9 Å². The van der Waals surface area contributed by atoms with Crippen molar-refractivity contribution in [1.29, 1.82) is 0 Å². The molecule has 1 aliphatic heterocycles. The van der Waals surface area contributed by atoms with E-state index in [2.05, 4.69) is 45.1 Å². The number of fused-ring (bicyclic) bond motifs is 3. The first-order valence-electron chi connectivity index (χ1n) is 13.0. The molecule has 37 heavy (non-hydrogen) atoms. The van der Waals surface area contributed by atoms with Gasteiger partial charge in [0.15, 0.2) is 0 Å². The van der Waals surface area contributed by atoms with Gasteiger partial charge in [0.2, 0.25) is 5.88 Å². The monoisotopic (exact) mass is 493 g/mol. The zero-order valence-corrected chi connectivity index (χ0v) is 20.8. The van der Waals surface area contributed by atoms with Crippen LogP contribution >= 0.6 is 0 Å². The first kappa shape index (κ1) is 23.6. The summed E-state index contributed by atoms with van der Waals surface area (Å²) >= 11 is 0. The SMILES string of the molecule is O=CC1c2ccccc2Cc2cccc(N3CCN(CC(O)COc4ccc5ccccc5n4)CC3)c21. The van der Waals surface area contributed by atoms with Gasteiger partial charge in [-0.25, -0.2) is 4.98 Å². The molecule has 6 nitrogen and oxygen atoms in total. The fourth-order valence-electron chi connectivity index (χ4n) is 5.72. The summed E-state index contributed by atoms with van der Waals surface area (Å²) in [6.07, 6.45) is 1.36. The Bertz CT molecular complexity index is 1410. The number of nitrogens with zero attached hydrogens (tertiary/aromatic N) is 3. The highest BCUT2D eigenvalue weighted by Gasteiger charge is 2.30. The van der Waals surface area contributed by atoms with Crippen LogP contribution in [0.1, 0.15) is 28.2 Å². The van der Waals surface area contributed by atoms with E-state index < -0.39 is 6.10 Å². The van der Waals surface area contributed by atoms with Crippen molar-refractivity contribution in [1.82, 2.24) is 9.88 Å². The Labute approximate surface area is 217 Å². The van der Waals surface area contributed by atoms with Crippen molar-refractivity contribution in [3.05, 3.63) is 101 Å². The van der Waals surface area contributed by atoms with E-state index in [-0.39, 0.29) is 12.5 Å². The number of aliphatic hydroxyl groups excluding tert-OH is 1. The van der Waals surface area contributed by atoms with Crippen LogP contribution in [-0.4, -0.2) is 66.7 Å². The minimum atomic E-state index is -0.597. The van der Waals surface area contributed by atoms with Gasteiger partial charge < -0.3 is 19.5 Å². The zero-order valence-electron chi connectivity index (χ0n) is 20.8. The van der Waals surface area contributed by atoms with Crippen LogP contribution in [0.2, 0.25) is 0 Å². The second-order valence-electron chi connectivity index (χ2n) is 9.93. The van der Waals surface area contributed by atoms with Crippen molar-refractivity contribution in [3.8, 4) is 5.88 Å². The van der Waals surface area contributed by atoms with Crippen molar-refractivity contribution in [2.75, 3.05) is 44.2 Å². The van der Waals surface area contributed by atoms with Crippen LogP contribution in [0.4, 0.5) is 5.69 Å². The molecule has 1 aliphatic carbocycles. The minimum absolute atomic E-state index is 0.207. The number of carbonyl (C=O) groups excluding carboxylic acids is 1. The third-order valence-electron chi connectivity index (χ3n) is 7.57. The highest BCUT2D eigenvalue weighted by Crippen LogP contribution is 2.41. The van der Waals surface area contributed by atoms with Crippen LogP contribution in [0.3, 0.4) is 0 Å². The molecule has 0 bridgehead atoms. The molecule has 6 rings (SSSR count). The Kier molecular flexibility index (Phi) is 6.60. The highest BCUT2D eigenvalue weighted by molar-refractivity contribution is 5.79. The molecule has 1 N–H and O–H groups in total. The summed E-state index contributed by atoms with van der Waals surface area (Å²) in [6.45, 7) is 4.15. The summed E-state index contributed by atoms with van der Waals surface area (Å²) in [5.41, 5.74) is 6.81. The average molecular weight is 494 g/mol. The van der Waals surface area contributed by atoms with Crippen molar-refractivity contribution < 1.29 is 14.6 Å². The van der Waals surface area contributed by atoms with E-state index in [9.17, 15) is 9.90 Å².